The van der Waals surface area contributed by atoms with Crippen LogP contribution in [0, 0.1) is 0 Å². The fourth-order valence-electron chi connectivity index (χ4n) is 0.363. The third-order valence-corrected chi connectivity index (χ3v) is 1.61. The molecule has 0 atom stereocenters. The molecule has 0 bridgehead atoms. The van der Waals surface area contributed by atoms with Gasteiger partial charge in [0, 0.05) is 5.57 Å². The van der Waals surface area contributed by atoms with Crippen LogP contribution >= 0.6 is 0 Å². The van der Waals surface area contributed by atoms with E-state index in [0.717, 1.165) is 0 Å². The summed E-state index contributed by atoms with van der Waals surface area (Å²) in [5.74, 6) is -1.26. The Morgan fingerprint density at radius 1 is 1.58 bits per heavy atom. The zero-order valence-corrected chi connectivity index (χ0v) is 7.43. The lowest BCUT2D eigenvalue weighted by Gasteiger charge is -2.01. The van der Waals surface area contributed by atoms with Crippen LogP contribution in [-0.2, 0) is 19.6 Å². The normalized spacial score (nSPS) is 10.8. The first-order valence-corrected chi connectivity index (χ1v) is 4.71. The van der Waals surface area contributed by atoms with Crippen molar-refractivity contribution in [2.24, 2.45) is 0 Å². The fourth-order valence-corrected chi connectivity index (χ4v) is 0.657. The molecule has 0 amide bonds. The minimum Gasteiger partial charge on any atom is -0.461 e. The zero-order chi connectivity index (χ0) is 9.78. The summed E-state index contributed by atoms with van der Waals surface area (Å²) < 4.78 is 32.9. The van der Waals surface area contributed by atoms with Crippen molar-refractivity contribution in [3.05, 3.63) is 12.2 Å². The van der Waals surface area contributed by atoms with Crippen LogP contribution < -0.4 is 0 Å². The molecule has 0 saturated heterocycles. The van der Waals surface area contributed by atoms with Crippen molar-refractivity contribution in [1.82, 2.24) is 0 Å². The summed E-state index contributed by atoms with van der Waals surface area (Å²) in [6.07, 6.45) is 0. The van der Waals surface area contributed by atoms with Gasteiger partial charge in [-0.3, -0.25) is 4.55 Å². The Morgan fingerprint density at radius 3 is 2.42 bits per heavy atom. The number of ether oxygens (including phenoxy) is 1. The maximum absolute atomic E-state index is 10.6. The van der Waals surface area contributed by atoms with Crippen LogP contribution in [-0.4, -0.2) is 31.3 Å². The van der Waals surface area contributed by atoms with Gasteiger partial charge in [0.1, 0.15) is 12.4 Å². The van der Waals surface area contributed by atoms with E-state index < -0.39 is 21.8 Å². The van der Waals surface area contributed by atoms with Gasteiger partial charge in [-0.15, -0.1) is 0 Å². The fraction of sp³-hybridized carbons (Fsp3) is 0.500. The first-order chi connectivity index (χ1) is 5.33. The number of hydrogen-bond acceptors (Lipinski definition) is 4. The van der Waals surface area contributed by atoms with E-state index in [1.165, 1.54) is 6.92 Å². The number of esters is 1. The molecule has 0 spiro atoms. The first-order valence-electron chi connectivity index (χ1n) is 3.11. The summed E-state index contributed by atoms with van der Waals surface area (Å²) in [5.41, 5.74) is 0.185. The highest BCUT2D eigenvalue weighted by Crippen LogP contribution is 1.92. The molecule has 12 heavy (non-hydrogen) atoms. The molecule has 0 radical (unpaired) electrons. The molecule has 0 aromatic heterocycles. The van der Waals surface area contributed by atoms with Crippen LogP contribution in [0.15, 0.2) is 12.2 Å². The summed E-state index contributed by atoms with van der Waals surface area (Å²) >= 11 is 0. The van der Waals surface area contributed by atoms with Crippen molar-refractivity contribution >= 4 is 16.1 Å². The van der Waals surface area contributed by atoms with E-state index in [1.807, 2.05) is 0 Å². The van der Waals surface area contributed by atoms with E-state index in [9.17, 15) is 13.2 Å². The van der Waals surface area contributed by atoms with E-state index >= 15 is 0 Å². The van der Waals surface area contributed by atoms with Crippen LogP contribution in [0.2, 0.25) is 0 Å². The molecule has 0 heterocycles. The number of carbonyl (C=O) groups excluding carboxylic acids is 1. The SMILES string of the molecule is C=C(C)C(=O)OCCS(=O)(=O)O. The zero-order valence-electron chi connectivity index (χ0n) is 6.61. The Labute approximate surface area is 70.8 Å². The molecular formula is C6H10O5S. The molecule has 0 saturated carbocycles. The van der Waals surface area contributed by atoms with E-state index in [1.54, 1.807) is 0 Å². The summed E-state index contributed by atoms with van der Waals surface area (Å²) in [7, 11) is -4.05. The van der Waals surface area contributed by atoms with Gasteiger partial charge in [-0.05, 0) is 6.92 Å². The average molecular weight is 194 g/mol. The molecule has 1 N–H and O–H groups in total. The quantitative estimate of drug-likeness (QED) is 0.387. The second-order valence-corrected chi connectivity index (χ2v) is 3.77. The van der Waals surface area contributed by atoms with Gasteiger partial charge >= 0.3 is 5.97 Å². The monoisotopic (exact) mass is 194 g/mol. The maximum Gasteiger partial charge on any atom is 0.333 e. The van der Waals surface area contributed by atoms with Crippen LogP contribution in [0.1, 0.15) is 6.92 Å². The molecule has 0 aliphatic heterocycles. The molecule has 0 aliphatic carbocycles. The van der Waals surface area contributed by atoms with Crippen molar-refractivity contribution in [1.29, 1.82) is 0 Å². The molecule has 0 aromatic carbocycles. The van der Waals surface area contributed by atoms with Gasteiger partial charge in [-0.25, -0.2) is 4.79 Å². The molecule has 0 aliphatic rings. The lowest BCUT2D eigenvalue weighted by Crippen LogP contribution is -2.14. The summed E-state index contributed by atoms with van der Waals surface area (Å²) in [6, 6.07) is 0. The minimum absolute atomic E-state index is 0.185. The molecule has 0 aromatic rings. The molecule has 6 heteroatoms. The standard InChI is InChI=1S/C6H10O5S/c1-5(2)6(7)11-3-4-12(8,9)10/h1,3-4H2,2H3,(H,8,9,10). The number of rotatable bonds is 4. The molecule has 5 nitrogen and oxygen atoms in total. The average Bonchev–Trinajstić information content (AvgIpc) is 1.84. The second-order valence-electron chi connectivity index (χ2n) is 2.20. The summed E-state index contributed by atoms with van der Waals surface area (Å²) in [5, 5.41) is 0. The molecule has 0 fully saturated rings. The Hall–Kier alpha value is -0.880. The minimum atomic E-state index is -4.05. The van der Waals surface area contributed by atoms with Crippen molar-refractivity contribution in [3.63, 3.8) is 0 Å². The molecule has 70 valence electrons. The highest BCUT2D eigenvalue weighted by Gasteiger charge is 2.07. The Kier molecular flexibility index (Phi) is 3.91. The summed E-state index contributed by atoms with van der Waals surface area (Å²) in [6.45, 7) is 4.37. The Morgan fingerprint density at radius 2 is 2.08 bits per heavy atom. The molecule has 0 rings (SSSR count). The molecular weight excluding hydrogens is 184 g/mol. The van der Waals surface area contributed by atoms with E-state index in [0.29, 0.717) is 0 Å². The van der Waals surface area contributed by atoms with E-state index in [-0.39, 0.29) is 12.2 Å². The van der Waals surface area contributed by atoms with Gasteiger partial charge < -0.3 is 4.74 Å². The lowest BCUT2D eigenvalue weighted by molar-refractivity contribution is -0.138. The molecule has 0 unspecified atom stereocenters. The highest BCUT2D eigenvalue weighted by molar-refractivity contribution is 7.85. The van der Waals surface area contributed by atoms with E-state index in [4.69, 9.17) is 4.55 Å². The first kappa shape index (κ1) is 11.1. The number of hydrogen-bond donors (Lipinski definition) is 1. The van der Waals surface area contributed by atoms with Gasteiger partial charge in [0.25, 0.3) is 10.1 Å². The van der Waals surface area contributed by atoms with Gasteiger partial charge in [0.15, 0.2) is 0 Å². The van der Waals surface area contributed by atoms with E-state index in [2.05, 4.69) is 11.3 Å². The van der Waals surface area contributed by atoms with Gasteiger partial charge in [-0.1, -0.05) is 6.58 Å². The third-order valence-electron chi connectivity index (χ3n) is 0.923. The van der Waals surface area contributed by atoms with Crippen molar-refractivity contribution in [2.45, 2.75) is 6.92 Å². The second kappa shape index (κ2) is 4.22. The third kappa shape index (κ3) is 5.87. The predicted octanol–water partition coefficient (Wildman–Crippen LogP) is -0.00650. The van der Waals surface area contributed by atoms with Crippen LogP contribution in [0.4, 0.5) is 0 Å². The predicted molar refractivity (Wildman–Crippen MR) is 42.2 cm³/mol. The topological polar surface area (TPSA) is 80.7 Å². The largest absolute Gasteiger partial charge is 0.461 e. The van der Waals surface area contributed by atoms with Gasteiger partial charge in [-0.2, -0.15) is 8.42 Å². The van der Waals surface area contributed by atoms with Crippen molar-refractivity contribution < 1.29 is 22.5 Å². The highest BCUT2D eigenvalue weighted by atomic mass is 32.2. The lowest BCUT2D eigenvalue weighted by atomic mass is 10.4. The van der Waals surface area contributed by atoms with Crippen molar-refractivity contribution in [3.8, 4) is 0 Å². The Bertz CT molecular complexity index is 276. The summed E-state index contributed by atoms with van der Waals surface area (Å²) in [4.78, 5) is 10.6. The van der Waals surface area contributed by atoms with Crippen molar-refractivity contribution in [2.75, 3.05) is 12.4 Å². The van der Waals surface area contributed by atoms with Crippen LogP contribution in [0.5, 0.6) is 0 Å². The Balaban J connectivity index is 3.73. The number of carbonyl (C=O) groups is 1. The van der Waals surface area contributed by atoms with Gasteiger partial charge in [0.05, 0.1) is 0 Å². The van der Waals surface area contributed by atoms with Crippen LogP contribution in [0.25, 0.3) is 0 Å². The van der Waals surface area contributed by atoms with Gasteiger partial charge in [0.2, 0.25) is 0 Å². The van der Waals surface area contributed by atoms with Crippen LogP contribution in [0.3, 0.4) is 0 Å². The smallest absolute Gasteiger partial charge is 0.333 e. The maximum atomic E-state index is 10.6.